The van der Waals surface area contributed by atoms with Crippen LogP contribution in [0.1, 0.15) is 28.6 Å². The van der Waals surface area contributed by atoms with E-state index in [9.17, 15) is 4.79 Å². The number of imidazole rings is 1. The van der Waals surface area contributed by atoms with Gasteiger partial charge in [-0.1, -0.05) is 35.3 Å². The lowest BCUT2D eigenvalue weighted by Gasteiger charge is -2.36. The molecule has 0 N–H and O–H groups in total. The molecular formula is C31H32Cl2N4O5. The highest BCUT2D eigenvalue weighted by Gasteiger charge is 2.36. The Kier molecular flexibility index (Phi) is 8.44. The fraction of sp³-hybridized carbons (Fsp3) is 0.355. The number of ether oxygens (including phenoxy) is 4. The third kappa shape index (κ3) is 5.74. The molecule has 2 aliphatic rings. The number of fused-ring (bicyclic) bond motifs is 3. The number of rotatable bonds is 8. The van der Waals surface area contributed by atoms with Crippen LogP contribution in [-0.2, 0) is 22.5 Å². The summed E-state index contributed by atoms with van der Waals surface area (Å²) in [6.07, 6.45) is 2.49. The molecule has 0 radical (unpaired) electrons. The van der Waals surface area contributed by atoms with E-state index in [4.69, 9.17) is 47.1 Å². The molecule has 1 saturated heterocycles. The Morgan fingerprint density at radius 2 is 1.76 bits per heavy atom. The summed E-state index contributed by atoms with van der Waals surface area (Å²) in [6.45, 7) is 4.36. The molecular weight excluding hydrogens is 579 g/mol. The smallest absolute Gasteiger partial charge is 0.261 e. The number of morpholine rings is 1. The van der Waals surface area contributed by atoms with Crippen LogP contribution in [0.4, 0.5) is 0 Å². The first-order valence-corrected chi connectivity index (χ1v) is 14.6. The number of pyridine rings is 1. The molecule has 9 nitrogen and oxygen atoms in total. The van der Waals surface area contributed by atoms with Crippen molar-refractivity contribution in [1.29, 1.82) is 0 Å². The fourth-order valence-corrected chi connectivity index (χ4v) is 6.10. The van der Waals surface area contributed by atoms with Gasteiger partial charge in [0.2, 0.25) is 0 Å². The van der Waals surface area contributed by atoms with E-state index in [0.29, 0.717) is 40.3 Å². The van der Waals surface area contributed by atoms with Gasteiger partial charge in [-0.15, -0.1) is 0 Å². The Bertz CT molecular complexity index is 1600. The topological polar surface area (TPSA) is 77.8 Å². The largest absolute Gasteiger partial charge is 0.493 e. The first-order valence-electron chi connectivity index (χ1n) is 13.8. The number of methoxy groups -OCH3 is 2. The average molecular weight is 612 g/mol. The van der Waals surface area contributed by atoms with Gasteiger partial charge in [0.1, 0.15) is 11.4 Å². The van der Waals surface area contributed by atoms with Crippen molar-refractivity contribution in [3.8, 4) is 17.2 Å². The molecule has 220 valence electrons. The minimum Gasteiger partial charge on any atom is -0.493 e. The molecule has 0 spiro atoms. The summed E-state index contributed by atoms with van der Waals surface area (Å²) in [4.78, 5) is 22.8. The molecule has 2 aromatic carbocycles. The molecule has 0 aliphatic carbocycles. The van der Waals surface area contributed by atoms with E-state index in [1.165, 1.54) is 0 Å². The van der Waals surface area contributed by atoms with Crippen LogP contribution in [-0.4, -0.2) is 78.8 Å². The monoisotopic (exact) mass is 610 g/mol. The molecule has 42 heavy (non-hydrogen) atoms. The second-order valence-corrected chi connectivity index (χ2v) is 11.2. The number of halogens is 2. The van der Waals surface area contributed by atoms with Crippen LogP contribution in [0.15, 0.2) is 54.7 Å². The Balaban J connectivity index is 1.27. The Hall–Kier alpha value is -3.50. The van der Waals surface area contributed by atoms with Gasteiger partial charge in [-0.2, -0.15) is 0 Å². The van der Waals surface area contributed by atoms with Crippen molar-refractivity contribution >= 4 is 34.8 Å². The Morgan fingerprint density at radius 3 is 2.52 bits per heavy atom. The van der Waals surface area contributed by atoms with Gasteiger partial charge in [-0.3, -0.25) is 9.69 Å². The second-order valence-electron chi connectivity index (χ2n) is 10.3. The Labute approximate surface area is 254 Å². The summed E-state index contributed by atoms with van der Waals surface area (Å²) < 4.78 is 24.5. The standard InChI is InChI=1S/C31H32Cl2N4O5/c1-39-26-6-4-21(16-27(26)40-2)30-31-24(34-28-17-22(32)7-9-36(28)31)8-10-37(30)29(38)19-42-25-5-3-20(15-23(25)33)18-35-11-13-41-14-12-35/h3-7,9,15-17,30H,8,10-14,18-19H2,1-2H3. The van der Waals surface area contributed by atoms with Crippen molar-refractivity contribution in [2.45, 2.75) is 19.0 Å². The van der Waals surface area contributed by atoms with Crippen LogP contribution in [0.2, 0.25) is 10.0 Å². The molecule has 11 heteroatoms. The van der Waals surface area contributed by atoms with Gasteiger partial charge in [-0.05, 0) is 41.5 Å². The first-order chi connectivity index (χ1) is 20.4. The summed E-state index contributed by atoms with van der Waals surface area (Å²) >= 11 is 12.9. The fourth-order valence-electron chi connectivity index (χ4n) is 5.69. The van der Waals surface area contributed by atoms with Gasteiger partial charge in [0.05, 0.1) is 49.9 Å². The Morgan fingerprint density at radius 1 is 0.976 bits per heavy atom. The second kappa shape index (κ2) is 12.4. The normalized spacial score (nSPS) is 17.2. The van der Waals surface area contributed by atoms with Crippen LogP contribution < -0.4 is 14.2 Å². The van der Waals surface area contributed by atoms with Crippen molar-refractivity contribution < 1.29 is 23.7 Å². The molecule has 4 heterocycles. The zero-order chi connectivity index (χ0) is 29.2. The number of hydrogen-bond acceptors (Lipinski definition) is 7. The van der Waals surface area contributed by atoms with E-state index in [0.717, 1.165) is 61.0 Å². The molecule has 1 unspecified atom stereocenters. The summed E-state index contributed by atoms with van der Waals surface area (Å²) in [5.41, 5.74) is 4.50. The summed E-state index contributed by atoms with van der Waals surface area (Å²) in [5.74, 6) is 1.49. The van der Waals surface area contributed by atoms with Crippen molar-refractivity contribution in [3.05, 3.63) is 87.3 Å². The number of aromatic nitrogens is 2. The molecule has 2 aromatic heterocycles. The van der Waals surface area contributed by atoms with Crippen molar-refractivity contribution in [1.82, 2.24) is 19.2 Å². The highest BCUT2D eigenvalue weighted by Crippen LogP contribution is 2.39. The lowest BCUT2D eigenvalue weighted by Crippen LogP contribution is -2.43. The highest BCUT2D eigenvalue weighted by atomic mass is 35.5. The summed E-state index contributed by atoms with van der Waals surface area (Å²) in [6, 6.07) is 14.6. The maximum atomic E-state index is 13.8. The van der Waals surface area contributed by atoms with E-state index in [2.05, 4.69) is 4.90 Å². The van der Waals surface area contributed by atoms with Crippen LogP contribution in [0.5, 0.6) is 17.2 Å². The van der Waals surface area contributed by atoms with E-state index in [-0.39, 0.29) is 12.5 Å². The van der Waals surface area contributed by atoms with Gasteiger partial charge in [0.15, 0.2) is 18.1 Å². The molecule has 1 amide bonds. The van der Waals surface area contributed by atoms with E-state index in [1.54, 1.807) is 14.2 Å². The maximum Gasteiger partial charge on any atom is 0.261 e. The molecule has 2 aliphatic heterocycles. The molecule has 1 fully saturated rings. The maximum absolute atomic E-state index is 13.8. The third-order valence-electron chi connectivity index (χ3n) is 7.76. The van der Waals surface area contributed by atoms with Gasteiger partial charge < -0.3 is 28.2 Å². The minimum absolute atomic E-state index is 0.162. The van der Waals surface area contributed by atoms with Crippen molar-refractivity contribution in [3.63, 3.8) is 0 Å². The van der Waals surface area contributed by atoms with Crippen LogP contribution in [0.25, 0.3) is 5.65 Å². The molecule has 6 rings (SSSR count). The quantitative estimate of drug-likeness (QED) is 0.276. The summed E-state index contributed by atoms with van der Waals surface area (Å²) in [7, 11) is 3.19. The third-order valence-corrected chi connectivity index (χ3v) is 8.29. The minimum atomic E-state index is -0.438. The predicted molar refractivity (Wildman–Crippen MR) is 160 cm³/mol. The number of nitrogens with zero attached hydrogens (tertiary/aromatic N) is 4. The molecule has 0 bridgehead atoms. The molecule has 0 saturated carbocycles. The number of carbonyl (C=O) groups is 1. The molecule has 1 atom stereocenters. The first kappa shape index (κ1) is 28.6. The van der Waals surface area contributed by atoms with Crippen LogP contribution in [0.3, 0.4) is 0 Å². The zero-order valence-electron chi connectivity index (χ0n) is 23.5. The van der Waals surface area contributed by atoms with Gasteiger partial charge >= 0.3 is 0 Å². The van der Waals surface area contributed by atoms with Crippen molar-refractivity contribution in [2.24, 2.45) is 0 Å². The SMILES string of the molecule is COc1ccc(C2c3c(nc4cc(Cl)ccn34)CCN2C(=O)COc2ccc(CN3CCOCC3)cc2Cl)cc1OC. The predicted octanol–water partition coefficient (Wildman–Crippen LogP) is 5.04. The van der Waals surface area contributed by atoms with Crippen LogP contribution >= 0.6 is 23.2 Å². The van der Waals surface area contributed by atoms with E-state index < -0.39 is 6.04 Å². The number of hydrogen-bond donors (Lipinski definition) is 0. The zero-order valence-corrected chi connectivity index (χ0v) is 25.0. The van der Waals surface area contributed by atoms with Gasteiger partial charge in [0.25, 0.3) is 5.91 Å². The number of carbonyl (C=O) groups excluding carboxylic acids is 1. The number of amides is 1. The lowest BCUT2D eigenvalue weighted by atomic mass is 9.95. The lowest BCUT2D eigenvalue weighted by molar-refractivity contribution is -0.135. The number of benzene rings is 2. The van der Waals surface area contributed by atoms with Gasteiger partial charge in [-0.25, -0.2) is 4.98 Å². The van der Waals surface area contributed by atoms with E-state index in [1.807, 2.05) is 64.0 Å². The van der Waals surface area contributed by atoms with Gasteiger partial charge in [0, 0.05) is 49.9 Å². The van der Waals surface area contributed by atoms with E-state index >= 15 is 0 Å². The molecule has 4 aromatic rings. The van der Waals surface area contributed by atoms with Crippen molar-refractivity contribution in [2.75, 3.05) is 53.7 Å². The van der Waals surface area contributed by atoms with Crippen LogP contribution in [0, 0.1) is 0 Å². The summed E-state index contributed by atoms with van der Waals surface area (Å²) in [5, 5.41) is 1.08. The highest BCUT2D eigenvalue weighted by molar-refractivity contribution is 6.32. The average Bonchev–Trinajstić information content (AvgIpc) is 3.37.